The van der Waals surface area contributed by atoms with E-state index >= 15 is 0 Å². The first-order valence-electron chi connectivity index (χ1n) is 12.0. The lowest BCUT2D eigenvalue weighted by atomic mass is 10.0. The number of hydrogen-bond donors (Lipinski definition) is 0. The van der Waals surface area contributed by atoms with Crippen LogP contribution in [0.3, 0.4) is 0 Å². The average Bonchev–Trinajstić information content (AvgIpc) is 3.02. The van der Waals surface area contributed by atoms with Crippen molar-refractivity contribution in [2.24, 2.45) is 5.92 Å². The molecule has 0 bridgehead atoms. The number of amides is 1. The maximum Gasteiger partial charge on any atom is 0.311 e. The molecule has 0 N–H and O–H groups in total. The van der Waals surface area contributed by atoms with E-state index in [-0.39, 0.29) is 23.9 Å². The lowest BCUT2D eigenvalue weighted by molar-refractivity contribution is -0.152. The molecule has 1 unspecified atom stereocenters. The van der Waals surface area contributed by atoms with E-state index in [9.17, 15) is 9.59 Å². The van der Waals surface area contributed by atoms with Crippen LogP contribution in [0.4, 0.5) is 0 Å². The standard InChI is InChI=1S/C24H45NO3/c1-4-5-6-7-8-9-10-11-12-13-14-15-16-17-18-25-20-22(19-23(25)26)24(27)28-21(2)3/h21-22H,4-20H2,1-3H3. The van der Waals surface area contributed by atoms with Crippen LogP contribution in [-0.2, 0) is 14.3 Å². The van der Waals surface area contributed by atoms with E-state index in [2.05, 4.69) is 6.92 Å². The molecule has 0 aromatic rings. The molecule has 1 heterocycles. The van der Waals surface area contributed by atoms with Gasteiger partial charge in [-0.3, -0.25) is 9.59 Å². The van der Waals surface area contributed by atoms with Gasteiger partial charge in [0.05, 0.1) is 12.0 Å². The summed E-state index contributed by atoms with van der Waals surface area (Å²) in [5.41, 5.74) is 0. The van der Waals surface area contributed by atoms with E-state index in [0.717, 1.165) is 13.0 Å². The maximum atomic E-state index is 12.1. The topological polar surface area (TPSA) is 46.6 Å². The largest absolute Gasteiger partial charge is 0.463 e. The Morgan fingerprint density at radius 2 is 1.36 bits per heavy atom. The Bertz CT molecular complexity index is 422. The summed E-state index contributed by atoms with van der Waals surface area (Å²) in [4.78, 5) is 25.9. The molecule has 0 aromatic heterocycles. The zero-order valence-corrected chi connectivity index (χ0v) is 18.8. The molecule has 1 fully saturated rings. The van der Waals surface area contributed by atoms with Crippen LogP contribution in [0.5, 0.6) is 0 Å². The first-order chi connectivity index (χ1) is 13.5. The molecule has 4 heteroatoms. The van der Waals surface area contributed by atoms with Crippen LogP contribution in [0.15, 0.2) is 0 Å². The molecule has 1 aliphatic heterocycles. The van der Waals surface area contributed by atoms with Gasteiger partial charge in [-0.15, -0.1) is 0 Å². The van der Waals surface area contributed by atoms with Crippen molar-refractivity contribution < 1.29 is 14.3 Å². The second-order valence-electron chi connectivity index (χ2n) is 8.82. The van der Waals surface area contributed by atoms with Crippen LogP contribution < -0.4 is 0 Å². The minimum absolute atomic E-state index is 0.109. The molecule has 1 rings (SSSR count). The quantitative estimate of drug-likeness (QED) is 0.215. The fraction of sp³-hybridized carbons (Fsp3) is 0.917. The zero-order valence-electron chi connectivity index (χ0n) is 18.8. The summed E-state index contributed by atoms with van der Waals surface area (Å²) in [6.07, 6.45) is 19.0. The molecular weight excluding hydrogens is 350 g/mol. The number of nitrogens with zero attached hydrogens (tertiary/aromatic N) is 1. The van der Waals surface area contributed by atoms with Gasteiger partial charge in [-0.2, -0.15) is 0 Å². The van der Waals surface area contributed by atoms with Crippen molar-refractivity contribution in [2.75, 3.05) is 13.1 Å². The molecule has 164 valence electrons. The molecular formula is C24H45NO3. The Labute approximate surface area is 173 Å². The molecule has 0 aromatic carbocycles. The number of carbonyl (C=O) groups is 2. The van der Waals surface area contributed by atoms with Crippen molar-refractivity contribution in [3.63, 3.8) is 0 Å². The predicted octanol–water partition coefficient (Wildman–Crippen LogP) is 6.27. The molecule has 1 saturated heterocycles. The van der Waals surface area contributed by atoms with E-state index in [0.29, 0.717) is 13.0 Å². The first-order valence-corrected chi connectivity index (χ1v) is 12.0. The van der Waals surface area contributed by atoms with Crippen LogP contribution in [0.1, 0.15) is 117 Å². The minimum Gasteiger partial charge on any atom is -0.463 e. The van der Waals surface area contributed by atoms with Gasteiger partial charge >= 0.3 is 5.97 Å². The SMILES string of the molecule is CCCCCCCCCCCCCCCCN1CC(C(=O)OC(C)C)CC1=O. The van der Waals surface area contributed by atoms with Crippen molar-refractivity contribution in [1.29, 1.82) is 0 Å². The number of rotatable bonds is 17. The maximum absolute atomic E-state index is 12.1. The highest BCUT2D eigenvalue weighted by Gasteiger charge is 2.35. The van der Waals surface area contributed by atoms with E-state index in [4.69, 9.17) is 4.74 Å². The summed E-state index contributed by atoms with van der Waals surface area (Å²) in [7, 11) is 0. The molecule has 0 spiro atoms. The third-order valence-corrected chi connectivity index (χ3v) is 5.68. The smallest absolute Gasteiger partial charge is 0.311 e. The van der Waals surface area contributed by atoms with Crippen molar-refractivity contribution in [1.82, 2.24) is 4.90 Å². The van der Waals surface area contributed by atoms with Gasteiger partial charge in [0.15, 0.2) is 0 Å². The number of hydrogen-bond acceptors (Lipinski definition) is 3. The van der Waals surface area contributed by atoms with Gasteiger partial charge in [-0.25, -0.2) is 0 Å². The van der Waals surface area contributed by atoms with Gasteiger partial charge in [-0.05, 0) is 20.3 Å². The van der Waals surface area contributed by atoms with E-state index in [1.807, 2.05) is 18.7 Å². The van der Waals surface area contributed by atoms with Crippen molar-refractivity contribution in [3.8, 4) is 0 Å². The summed E-state index contributed by atoms with van der Waals surface area (Å²) in [6, 6.07) is 0. The van der Waals surface area contributed by atoms with Crippen LogP contribution >= 0.6 is 0 Å². The number of ether oxygens (including phenoxy) is 1. The van der Waals surface area contributed by atoms with Gasteiger partial charge in [0.2, 0.25) is 5.91 Å². The first kappa shape index (κ1) is 25.0. The summed E-state index contributed by atoms with van der Waals surface area (Å²) in [6.45, 7) is 7.31. The van der Waals surface area contributed by atoms with Gasteiger partial charge in [0.1, 0.15) is 0 Å². The Morgan fingerprint density at radius 1 is 0.893 bits per heavy atom. The Balaban J connectivity index is 1.91. The summed E-state index contributed by atoms with van der Waals surface area (Å²) < 4.78 is 5.24. The van der Waals surface area contributed by atoms with Crippen LogP contribution in [0.2, 0.25) is 0 Å². The molecule has 1 amide bonds. The summed E-state index contributed by atoms with van der Waals surface area (Å²) in [5, 5.41) is 0. The Kier molecular flexibility index (Phi) is 14.1. The zero-order chi connectivity index (χ0) is 20.6. The highest BCUT2D eigenvalue weighted by Crippen LogP contribution is 2.21. The number of unbranched alkanes of at least 4 members (excludes halogenated alkanes) is 13. The van der Waals surface area contributed by atoms with E-state index in [1.54, 1.807) is 0 Å². The van der Waals surface area contributed by atoms with Crippen molar-refractivity contribution in [3.05, 3.63) is 0 Å². The number of likely N-dealkylation sites (tertiary alicyclic amines) is 1. The third kappa shape index (κ3) is 11.7. The molecule has 0 radical (unpaired) electrons. The van der Waals surface area contributed by atoms with E-state index < -0.39 is 0 Å². The van der Waals surface area contributed by atoms with Gasteiger partial charge < -0.3 is 9.64 Å². The molecule has 4 nitrogen and oxygen atoms in total. The van der Waals surface area contributed by atoms with E-state index in [1.165, 1.54) is 83.5 Å². The average molecular weight is 396 g/mol. The molecule has 28 heavy (non-hydrogen) atoms. The monoisotopic (exact) mass is 395 g/mol. The van der Waals surface area contributed by atoms with Gasteiger partial charge in [0.25, 0.3) is 0 Å². The predicted molar refractivity (Wildman–Crippen MR) is 116 cm³/mol. The fourth-order valence-electron chi connectivity index (χ4n) is 3.97. The minimum atomic E-state index is -0.262. The fourth-order valence-corrected chi connectivity index (χ4v) is 3.97. The summed E-state index contributed by atoms with van der Waals surface area (Å²) >= 11 is 0. The second-order valence-corrected chi connectivity index (χ2v) is 8.82. The second kappa shape index (κ2) is 15.8. The Hall–Kier alpha value is -1.06. The van der Waals surface area contributed by atoms with Crippen LogP contribution in [0.25, 0.3) is 0 Å². The van der Waals surface area contributed by atoms with Crippen molar-refractivity contribution in [2.45, 2.75) is 123 Å². The lowest BCUT2D eigenvalue weighted by Gasteiger charge is -2.16. The lowest BCUT2D eigenvalue weighted by Crippen LogP contribution is -2.28. The van der Waals surface area contributed by atoms with Crippen LogP contribution in [-0.4, -0.2) is 36.0 Å². The third-order valence-electron chi connectivity index (χ3n) is 5.68. The van der Waals surface area contributed by atoms with Crippen molar-refractivity contribution >= 4 is 11.9 Å². The highest BCUT2D eigenvalue weighted by molar-refractivity contribution is 5.86. The molecule has 0 aliphatic carbocycles. The van der Waals surface area contributed by atoms with Crippen LogP contribution in [0, 0.1) is 5.92 Å². The number of esters is 1. The molecule has 1 aliphatic rings. The molecule has 1 atom stereocenters. The van der Waals surface area contributed by atoms with Gasteiger partial charge in [0, 0.05) is 19.5 Å². The highest BCUT2D eigenvalue weighted by atomic mass is 16.5. The normalized spacial score (nSPS) is 16.9. The summed E-state index contributed by atoms with van der Waals surface area (Å²) in [5.74, 6) is -0.367. The Morgan fingerprint density at radius 3 is 1.82 bits per heavy atom. The molecule has 0 saturated carbocycles. The number of carbonyl (C=O) groups excluding carboxylic acids is 2. The van der Waals surface area contributed by atoms with Gasteiger partial charge in [-0.1, -0.05) is 90.4 Å².